The van der Waals surface area contributed by atoms with Crippen LogP contribution in [0.1, 0.15) is 12.8 Å². The van der Waals surface area contributed by atoms with Gasteiger partial charge in [-0.3, -0.25) is 0 Å². The third-order valence-electron chi connectivity index (χ3n) is 3.53. The van der Waals surface area contributed by atoms with Gasteiger partial charge in [-0.2, -0.15) is 0 Å². The number of benzene rings is 1. The van der Waals surface area contributed by atoms with Crippen LogP contribution in [0, 0.1) is 4.77 Å². The van der Waals surface area contributed by atoms with Gasteiger partial charge in [-0.15, -0.1) is 0 Å². The van der Waals surface area contributed by atoms with Gasteiger partial charge in [0.1, 0.15) is 0 Å². The highest BCUT2D eigenvalue weighted by atomic mass is 32.2. The monoisotopic (exact) mass is 282 g/mol. The number of fused-ring (bicyclic) bond motifs is 1. The molecule has 2 aromatic rings. The number of hydrogen-bond acceptors (Lipinski definition) is 3. The Morgan fingerprint density at radius 1 is 1.39 bits per heavy atom. The van der Waals surface area contributed by atoms with Crippen molar-refractivity contribution < 1.29 is 8.42 Å². The minimum Gasteiger partial charge on any atom is -0.331 e. The fourth-order valence-electron chi connectivity index (χ4n) is 2.55. The lowest BCUT2D eigenvalue weighted by atomic mass is 10.2. The predicted octanol–water partition coefficient (Wildman–Crippen LogP) is 2.28. The molecule has 1 saturated heterocycles. The first-order valence-electron chi connectivity index (χ1n) is 5.97. The summed E-state index contributed by atoms with van der Waals surface area (Å²) in [5.41, 5.74) is 1.93. The topological polar surface area (TPSA) is 54.9 Å². The zero-order chi connectivity index (χ0) is 12.8. The van der Waals surface area contributed by atoms with Gasteiger partial charge >= 0.3 is 0 Å². The molecule has 0 amide bonds. The average molecular weight is 282 g/mol. The van der Waals surface area contributed by atoms with Gasteiger partial charge in [-0.1, -0.05) is 12.1 Å². The SMILES string of the molecule is O=S1(=O)CCCC1Cn1c(=S)[nH]c2ccccc21. The number of aromatic amines is 1. The molecule has 1 unspecified atom stereocenters. The summed E-state index contributed by atoms with van der Waals surface area (Å²) in [6, 6.07) is 7.78. The van der Waals surface area contributed by atoms with Crippen molar-refractivity contribution in [2.24, 2.45) is 0 Å². The van der Waals surface area contributed by atoms with E-state index in [4.69, 9.17) is 12.2 Å². The number of H-pyrrole nitrogens is 1. The lowest BCUT2D eigenvalue weighted by Crippen LogP contribution is -2.22. The molecule has 96 valence electrons. The van der Waals surface area contributed by atoms with Crippen LogP contribution in [0.15, 0.2) is 24.3 Å². The fourth-order valence-corrected chi connectivity index (χ4v) is 4.64. The fraction of sp³-hybridized carbons (Fsp3) is 0.417. The molecule has 0 saturated carbocycles. The Balaban J connectivity index is 2.05. The van der Waals surface area contributed by atoms with Gasteiger partial charge in [0.2, 0.25) is 0 Å². The van der Waals surface area contributed by atoms with Gasteiger partial charge in [0.25, 0.3) is 0 Å². The Morgan fingerprint density at radius 3 is 2.89 bits per heavy atom. The number of hydrogen-bond donors (Lipinski definition) is 1. The molecule has 2 heterocycles. The van der Waals surface area contributed by atoms with E-state index in [0.29, 0.717) is 17.1 Å². The number of nitrogens with one attached hydrogen (secondary N) is 1. The maximum absolute atomic E-state index is 11.9. The quantitative estimate of drug-likeness (QED) is 0.860. The van der Waals surface area contributed by atoms with E-state index in [9.17, 15) is 8.42 Å². The van der Waals surface area contributed by atoms with Crippen LogP contribution in [-0.4, -0.2) is 29.0 Å². The highest BCUT2D eigenvalue weighted by Gasteiger charge is 2.31. The van der Waals surface area contributed by atoms with E-state index in [1.54, 1.807) is 0 Å². The molecule has 1 atom stereocenters. The second kappa shape index (κ2) is 4.20. The Hall–Kier alpha value is -1.14. The maximum Gasteiger partial charge on any atom is 0.178 e. The summed E-state index contributed by atoms with van der Waals surface area (Å²) in [6.07, 6.45) is 1.51. The molecule has 18 heavy (non-hydrogen) atoms. The molecule has 1 aliphatic rings. The Bertz CT molecular complexity index is 743. The third kappa shape index (κ3) is 1.89. The zero-order valence-electron chi connectivity index (χ0n) is 9.80. The first kappa shape index (κ1) is 11.9. The van der Waals surface area contributed by atoms with Crippen molar-refractivity contribution in [1.29, 1.82) is 0 Å². The minimum atomic E-state index is -2.93. The van der Waals surface area contributed by atoms with Crippen molar-refractivity contribution in [1.82, 2.24) is 9.55 Å². The van der Waals surface area contributed by atoms with Crippen molar-refractivity contribution in [2.75, 3.05) is 5.75 Å². The Labute approximate surface area is 111 Å². The summed E-state index contributed by atoms with van der Waals surface area (Å²) < 4.78 is 26.3. The van der Waals surface area contributed by atoms with E-state index in [1.807, 2.05) is 28.8 Å². The predicted molar refractivity (Wildman–Crippen MR) is 73.9 cm³/mol. The first-order valence-corrected chi connectivity index (χ1v) is 8.09. The van der Waals surface area contributed by atoms with E-state index in [1.165, 1.54) is 0 Å². The summed E-state index contributed by atoms with van der Waals surface area (Å²) in [4.78, 5) is 3.11. The molecule has 1 fully saturated rings. The summed E-state index contributed by atoms with van der Waals surface area (Å²) >= 11 is 5.28. The molecule has 1 aromatic carbocycles. The van der Waals surface area contributed by atoms with Crippen molar-refractivity contribution >= 4 is 33.1 Å². The molecule has 1 aliphatic heterocycles. The average Bonchev–Trinajstić information content (AvgIpc) is 2.81. The van der Waals surface area contributed by atoms with Crippen molar-refractivity contribution in [2.45, 2.75) is 24.6 Å². The normalized spacial score (nSPS) is 22.6. The van der Waals surface area contributed by atoms with Crippen LogP contribution in [0.3, 0.4) is 0 Å². The summed E-state index contributed by atoms with van der Waals surface area (Å²) in [5.74, 6) is 0.313. The third-order valence-corrected chi connectivity index (χ3v) is 6.11. The molecule has 6 heteroatoms. The highest BCUT2D eigenvalue weighted by molar-refractivity contribution is 7.92. The lowest BCUT2D eigenvalue weighted by Gasteiger charge is -2.10. The molecule has 0 radical (unpaired) electrons. The van der Waals surface area contributed by atoms with Gasteiger partial charge in [0.05, 0.1) is 22.0 Å². The van der Waals surface area contributed by atoms with Crippen molar-refractivity contribution in [3.63, 3.8) is 0 Å². The largest absolute Gasteiger partial charge is 0.331 e. The van der Waals surface area contributed by atoms with Crippen LogP contribution in [0.5, 0.6) is 0 Å². The summed E-state index contributed by atoms with van der Waals surface area (Å²) in [7, 11) is -2.93. The first-order chi connectivity index (χ1) is 8.58. The molecule has 3 rings (SSSR count). The van der Waals surface area contributed by atoms with E-state index < -0.39 is 9.84 Å². The van der Waals surface area contributed by atoms with Gasteiger partial charge < -0.3 is 9.55 Å². The highest BCUT2D eigenvalue weighted by Crippen LogP contribution is 2.23. The van der Waals surface area contributed by atoms with E-state index in [-0.39, 0.29) is 5.25 Å². The van der Waals surface area contributed by atoms with Crippen LogP contribution in [0.4, 0.5) is 0 Å². The van der Waals surface area contributed by atoms with Crippen LogP contribution < -0.4 is 0 Å². The van der Waals surface area contributed by atoms with Crippen molar-refractivity contribution in [3.05, 3.63) is 29.0 Å². The molecule has 0 bridgehead atoms. The van der Waals surface area contributed by atoms with E-state index >= 15 is 0 Å². The number of imidazole rings is 1. The minimum absolute atomic E-state index is 0.289. The number of para-hydroxylation sites is 2. The number of sulfone groups is 1. The zero-order valence-corrected chi connectivity index (χ0v) is 11.4. The van der Waals surface area contributed by atoms with Gasteiger partial charge in [-0.25, -0.2) is 8.42 Å². The smallest absolute Gasteiger partial charge is 0.178 e. The molecule has 0 aliphatic carbocycles. The van der Waals surface area contributed by atoms with Crippen LogP contribution in [-0.2, 0) is 16.4 Å². The molecule has 4 nitrogen and oxygen atoms in total. The van der Waals surface area contributed by atoms with Crippen molar-refractivity contribution in [3.8, 4) is 0 Å². The molecular weight excluding hydrogens is 268 g/mol. The van der Waals surface area contributed by atoms with E-state index in [0.717, 1.165) is 23.9 Å². The maximum atomic E-state index is 11.9. The number of nitrogens with zero attached hydrogens (tertiary/aromatic N) is 1. The Kier molecular flexibility index (Phi) is 2.79. The molecule has 1 aromatic heterocycles. The second-order valence-corrected chi connectivity index (χ2v) is 7.48. The van der Waals surface area contributed by atoms with Gasteiger partial charge in [-0.05, 0) is 37.2 Å². The second-order valence-electron chi connectivity index (χ2n) is 4.69. The van der Waals surface area contributed by atoms with Gasteiger partial charge in [0.15, 0.2) is 14.6 Å². The van der Waals surface area contributed by atoms with Crippen LogP contribution >= 0.6 is 12.2 Å². The molecule has 0 spiro atoms. The van der Waals surface area contributed by atoms with Gasteiger partial charge in [0, 0.05) is 6.54 Å². The molecule has 1 N–H and O–H groups in total. The summed E-state index contributed by atoms with van der Waals surface area (Å²) in [6.45, 7) is 0.463. The van der Waals surface area contributed by atoms with E-state index in [2.05, 4.69) is 4.98 Å². The number of aromatic nitrogens is 2. The van der Waals surface area contributed by atoms with Crippen LogP contribution in [0.25, 0.3) is 11.0 Å². The molecular formula is C12H14N2O2S2. The lowest BCUT2D eigenvalue weighted by molar-refractivity contribution is 0.568. The standard InChI is InChI=1S/C12H14N2O2S2/c15-18(16)7-3-4-9(18)8-14-11-6-2-1-5-10(11)13-12(14)17/h1-2,5-6,9H,3-4,7-8H2,(H,13,17). The Morgan fingerprint density at radius 2 is 2.17 bits per heavy atom. The summed E-state index contributed by atoms with van der Waals surface area (Å²) in [5, 5.41) is -0.289. The number of rotatable bonds is 2. The van der Waals surface area contributed by atoms with Crippen LogP contribution in [0.2, 0.25) is 0 Å².